The molecule has 6 rings (SSSR count). The van der Waals surface area contributed by atoms with Gasteiger partial charge in [0.25, 0.3) is 0 Å². The number of cyclic esters (lactones) is 1. The minimum absolute atomic E-state index is 0.0743. The van der Waals surface area contributed by atoms with E-state index in [1.807, 2.05) is 85.8 Å². The molecule has 0 aromatic heterocycles. The van der Waals surface area contributed by atoms with Crippen molar-refractivity contribution in [1.82, 2.24) is 14.7 Å². The minimum atomic E-state index is -1.38. The number of aliphatic hydroxyl groups is 1. The lowest BCUT2D eigenvalue weighted by Crippen LogP contribution is -2.55. The normalized spacial score (nSPS) is 31.0. The van der Waals surface area contributed by atoms with E-state index in [1.165, 1.54) is 0 Å². The van der Waals surface area contributed by atoms with E-state index >= 15 is 0 Å². The van der Waals surface area contributed by atoms with Gasteiger partial charge in [-0.15, -0.1) is 0 Å². The maximum Gasteiger partial charge on any atom is 0.313 e. The molecule has 2 fully saturated rings. The fraction of sp³-hybridized carbons (Fsp3) is 0.487. The zero-order chi connectivity index (χ0) is 34.5. The van der Waals surface area contributed by atoms with Crippen molar-refractivity contribution in [3.05, 3.63) is 96.1 Å². The smallest absolute Gasteiger partial charge is 0.313 e. The molecule has 10 nitrogen and oxygen atoms in total. The molecule has 0 unspecified atom stereocenters. The molecule has 0 saturated carbocycles. The predicted molar refractivity (Wildman–Crippen MR) is 183 cm³/mol. The Morgan fingerprint density at radius 2 is 1.61 bits per heavy atom. The number of likely N-dealkylation sites (N-methyl/N-ethyl adjacent to an activating group) is 1. The van der Waals surface area contributed by atoms with Crippen LogP contribution in [0.2, 0.25) is 0 Å². The van der Waals surface area contributed by atoms with Gasteiger partial charge in [0.15, 0.2) is 0 Å². The Morgan fingerprint density at radius 3 is 2.35 bits per heavy atom. The standard InChI is InChI=1S/C39H47N3O7/c1-27-34(29-18-9-6-10-19-29)48-38(47)32-30(20-11-12-21-31(44)40(27)2)49-39-22-15-23-41(26-28-16-7-5-8-17-28)37(46)35(39)42(36(45)33(32)39)24-13-3-4-14-25-43/h5-11,15-20,22,27,30,32-35,43H,3-4,12-14,21,23-26H2,1-2H3/b20-11-/t27-,30-,32+,33+,34+,35-,39+/m0/s1. The van der Waals surface area contributed by atoms with E-state index in [0.29, 0.717) is 38.9 Å². The fourth-order valence-electron chi connectivity index (χ4n) is 7.87. The summed E-state index contributed by atoms with van der Waals surface area (Å²) in [6, 6.07) is 17.6. The van der Waals surface area contributed by atoms with Crippen LogP contribution in [0.4, 0.5) is 0 Å². The molecule has 4 heterocycles. The molecule has 10 heteroatoms. The maximum absolute atomic E-state index is 14.7. The Morgan fingerprint density at radius 1 is 0.898 bits per heavy atom. The Hall–Kier alpha value is -4.28. The van der Waals surface area contributed by atoms with Gasteiger partial charge in [0, 0.05) is 39.7 Å². The number of amides is 3. The number of hydrogen-bond donors (Lipinski definition) is 1. The molecular formula is C39H47N3O7. The number of ether oxygens (including phenoxy) is 2. The average molecular weight is 670 g/mol. The number of hydrogen-bond acceptors (Lipinski definition) is 7. The summed E-state index contributed by atoms with van der Waals surface area (Å²) < 4.78 is 13.2. The number of rotatable bonds is 9. The Balaban J connectivity index is 1.39. The summed E-state index contributed by atoms with van der Waals surface area (Å²) in [5.74, 6) is -3.19. The van der Waals surface area contributed by atoms with Crippen molar-refractivity contribution in [3.8, 4) is 0 Å². The van der Waals surface area contributed by atoms with Gasteiger partial charge < -0.3 is 29.3 Å². The van der Waals surface area contributed by atoms with Crippen LogP contribution in [0.25, 0.3) is 0 Å². The summed E-state index contributed by atoms with van der Waals surface area (Å²) in [6.45, 7) is 2.99. The largest absolute Gasteiger partial charge is 0.455 e. The van der Waals surface area contributed by atoms with Crippen LogP contribution in [0.3, 0.4) is 0 Å². The van der Waals surface area contributed by atoms with Crippen LogP contribution in [0.5, 0.6) is 0 Å². The van der Waals surface area contributed by atoms with Crippen molar-refractivity contribution in [2.45, 2.75) is 81.9 Å². The third-order valence-corrected chi connectivity index (χ3v) is 10.5. The van der Waals surface area contributed by atoms with Gasteiger partial charge in [-0.3, -0.25) is 19.2 Å². The number of likely N-dealkylation sites (tertiary alicyclic amines) is 1. The van der Waals surface area contributed by atoms with Gasteiger partial charge in [0.2, 0.25) is 17.7 Å². The zero-order valence-electron chi connectivity index (χ0n) is 28.4. The molecule has 0 radical (unpaired) electrons. The summed E-state index contributed by atoms with van der Waals surface area (Å²) in [4.78, 5) is 62.0. The molecule has 1 N–H and O–H groups in total. The second kappa shape index (κ2) is 15.1. The van der Waals surface area contributed by atoms with Gasteiger partial charge in [-0.05, 0) is 37.3 Å². The third-order valence-electron chi connectivity index (χ3n) is 10.5. The molecule has 4 aliphatic heterocycles. The molecule has 0 aliphatic carbocycles. The van der Waals surface area contributed by atoms with E-state index in [1.54, 1.807) is 27.8 Å². The fourth-order valence-corrected chi connectivity index (χ4v) is 7.87. The number of aliphatic hydroxyl groups excluding tert-OH is 1. The number of fused-ring (bicyclic) bond motifs is 2. The van der Waals surface area contributed by atoms with Gasteiger partial charge in [0.05, 0.1) is 18.1 Å². The first-order valence-electron chi connectivity index (χ1n) is 17.5. The van der Waals surface area contributed by atoms with Crippen molar-refractivity contribution in [2.24, 2.45) is 11.8 Å². The Bertz CT molecular complexity index is 1560. The first-order chi connectivity index (χ1) is 23.8. The highest BCUT2D eigenvalue weighted by atomic mass is 16.6. The van der Waals surface area contributed by atoms with Crippen LogP contribution in [0.1, 0.15) is 62.7 Å². The van der Waals surface area contributed by atoms with Crippen LogP contribution in [0.15, 0.2) is 85.0 Å². The van der Waals surface area contributed by atoms with Crippen LogP contribution >= 0.6 is 0 Å². The van der Waals surface area contributed by atoms with E-state index in [9.17, 15) is 24.3 Å². The molecule has 3 amide bonds. The van der Waals surface area contributed by atoms with Gasteiger partial charge >= 0.3 is 5.97 Å². The van der Waals surface area contributed by atoms with E-state index < -0.39 is 47.7 Å². The maximum atomic E-state index is 14.7. The van der Waals surface area contributed by atoms with Crippen LogP contribution in [-0.2, 0) is 35.2 Å². The topological polar surface area (TPSA) is 117 Å². The molecule has 0 bridgehead atoms. The monoisotopic (exact) mass is 669 g/mol. The number of benzene rings is 2. The molecule has 2 aromatic carbocycles. The highest BCUT2D eigenvalue weighted by molar-refractivity contribution is 5.99. The number of unbranched alkanes of at least 4 members (excludes halogenated alkanes) is 3. The van der Waals surface area contributed by atoms with Gasteiger partial charge in [-0.25, -0.2) is 0 Å². The molecule has 7 atom stereocenters. The summed E-state index contributed by atoms with van der Waals surface area (Å²) in [7, 11) is 1.72. The zero-order valence-corrected chi connectivity index (χ0v) is 28.4. The van der Waals surface area contributed by atoms with Crippen LogP contribution < -0.4 is 0 Å². The van der Waals surface area contributed by atoms with Crippen molar-refractivity contribution < 1.29 is 33.8 Å². The van der Waals surface area contributed by atoms with Gasteiger partial charge in [-0.2, -0.15) is 0 Å². The molecule has 2 saturated heterocycles. The van der Waals surface area contributed by atoms with Gasteiger partial charge in [0.1, 0.15) is 23.7 Å². The molecule has 49 heavy (non-hydrogen) atoms. The molecule has 2 aromatic rings. The SMILES string of the molecule is C[C@H]1[C@H](c2ccccc2)OC(=O)[C@@H]2[C@H](/C=C\CCC(=O)N1C)O[C@@]13C=CCN(Cc4ccccc4)C(=O)[C@@H]1N(CCCCCCO)C(=O)[C@@H]23. The highest BCUT2D eigenvalue weighted by Gasteiger charge is 2.71. The third kappa shape index (κ3) is 6.81. The molecule has 4 aliphatic rings. The minimum Gasteiger partial charge on any atom is -0.455 e. The number of carbonyl (C=O) groups is 4. The van der Waals surface area contributed by atoms with E-state index in [4.69, 9.17) is 9.47 Å². The lowest BCUT2D eigenvalue weighted by molar-refractivity contribution is -0.164. The highest BCUT2D eigenvalue weighted by Crippen LogP contribution is 2.53. The second-order valence-electron chi connectivity index (χ2n) is 13.6. The Kier molecular flexibility index (Phi) is 10.6. The number of allylic oxidation sites excluding steroid dienone is 1. The first-order valence-corrected chi connectivity index (χ1v) is 17.5. The second-order valence-corrected chi connectivity index (χ2v) is 13.6. The summed E-state index contributed by atoms with van der Waals surface area (Å²) in [6.07, 6.45) is 9.30. The molecule has 1 spiro atoms. The summed E-state index contributed by atoms with van der Waals surface area (Å²) in [5.41, 5.74) is 0.323. The number of carbonyl (C=O) groups excluding carboxylic acids is 4. The van der Waals surface area contributed by atoms with E-state index in [-0.39, 0.29) is 30.7 Å². The lowest BCUT2D eigenvalue weighted by Gasteiger charge is -2.35. The van der Waals surface area contributed by atoms with Crippen LogP contribution in [-0.4, -0.2) is 94.0 Å². The molecule has 260 valence electrons. The average Bonchev–Trinajstić information content (AvgIpc) is 3.50. The van der Waals surface area contributed by atoms with Crippen LogP contribution in [0, 0.1) is 11.8 Å². The number of esters is 1. The first kappa shape index (κ1) is 34.6. The predicted octanol–water partition coefficient (Wildman–Crippen LogP) is 4.20. The lowest BCUT2D eigenvalue weighted by atomic mass is 9.77. The van der Waals surface area contributed by atoms with Gasteiger partial charge in [-0.1, -0.05) is 97.8 Å². The van der Waals surface area contributed by atoms with Crippen molar-refractivity contribution in [1.29, 1.82) is 0 Å². The van der Waals surface area contributed by atoms with Crippen molar-refractivity contribution in [3.63, 3.8) is 0 Å². The van der Waals surface area contributed by atoms with Crippen molar-refractivity contribution in [2.75, 3.05) is 26.7 Å². The van der Waals surface area contributed by atoms with E-state index in [2.05, 4.69) is 0 Å². The molecular weight excluding hydrogens is 622 g/mol. The Labute approximate surface area is 288 Å². The quantitative estimate of drug-likeness (QED) is 0.242. The summed E-state index contributed by atoms with van der Waals surface area (Å²) in [5, 5.41) is 9.27. The van der Waals surface area contributed by atoms with Crippen molar-refractivity contribution >= 4 is 23.7 Å². The summed E-state index contributed by atoms with van der Waals surface area (Å²) >= 11 is 0. The number of nitrogens with zero attached hydrogens (tertiary/aromatic N) is 3. The van der Waals surface area contributed by atoms with E-state index in [0.717, 1.165) is 24.0 Å².